The molecular weight excluding hydrogens is 322 g/mol. The molecule has 4 rings (SSSR count). The van der Waals surface area contributed by atoms with E-state index in [0.717, 1.165) is 12.8 Å². The van der Waals surface area contributed by atoms with Gasteiger partial charge in [0.05, 0.1) is 0 Å². The SMILES string of the molecule is CC(=O)N1CCN(C(=O)c2nc3cccnc3n(C3CC3)c2=O)CC1. The molecule has 2 fully saturated rings. The Morgan fingerprint density at radius 1 is 1.12 bits per heavy atom. The number of rotatable bonds is 2. The van der Waals surface area contributed by atoms with Gasteiger partial charge in [-0.3, -0.25) is 19.0 Å². The van der Waals surface area contributed by atoms with Crippen molar-refractivity contribution in [3.63, 3.8) is 0 Å². The summed E-state index contributed by atoms with van der Waals surface area (Å²) in [4.78, 5) is 49.0. The lowest BCUT2D eigenvalue weighted by molar-refractivity contribution is -0.130. The smallest absolute Gasteiger partial charge is 0.284 e. The summed E-state index contributed by atoms with van der Waals surface area (Å²) in [6.45, 7) is 3.30. The number of pyridine rings is 1. The van der Waals surface area contributed by atoms with Gasteiger partial charge in [0.25, 0.3) is 11.5 Å². The zero-order valence-electron chi connectivity index (χ0n) is 14.0. The lowest BCUT2D eigenvalue weighted by Gasteiger charge is -2.33. The molecule has 2 aromatic heterocycles. The first-order valence-electron chi connectivity index (χ1n) is 8.48. The third-order valence-electron chi connectivity index (χ3n) is 4.77. The molecule has 1 aliphatic carbocycles. The minimum absolute atomic E-state index is 0.00177. The normalized spacial score (nSPS) is 17.8. The van der Waals surface area contributed by atoms with Gasteiger partial charge < -0.3 is 9.80 Å². The summed E-state index contributed by atoms with van der Waals surface area (Å²) in [5.74, 6) is -0.369. The molecule has 0 atom stereocenters. The minimum Gasteiger partial charge on any atom is -0.339 e. The zero-order chi connectivity index (χ0) is 17.6. The van der Waals surface area contributed by atoms with E-state index < -0.39 is 0 Å². The summed E-state index contributed by atoms with van der Waals surface area (Å²) in [6.07, 6.45) is 3.46. The van der Waals surface area contributed by atoms with E-state index in [0.29, 0.717) is 37.3 Å². The van der Waals surface area contributed by atoms with E-state index in [1.807, 2.05) is 0 Å². The fraction of sp³-hybridized carbons (Fsp3) is 0.471. The van der Waals surface area contributed by atoms with E-state index in [-0.39, 0.29) is 29.1 Å². The van der Waals surface area contributed by atoms with E-state index in [9.17, 15) is 14.4 Å². The molecule has 1 saturated carbocycles. The zero-order valence-corrected chi connectivity index (χ0v) is 14.0. The van der Waals surface area contributed by atoms with Crippen LogP contribution >= 0.6 is 0 Å². The van der Waals surface area contributed by atoms with Gasteiger partial charge in [-0.1, -0.05) is 0 Å². The molecule has 0 spiro atoms. The Morgan fingerprint density at radius 3 is 2.44 bits per heavy atom. The highest BCUT2D eigenvalue weighted by Crippen LogP contribution is 2.35. The van der Waals surface area contributed by atoms with Crippen LogP contribution in [0.2, 0.25) is 0 Å². The Kier molecular flexibility index (Phi) is 3.74. The van der Waals surface area contributed by atoms with Gasteiger partial charge in [-0.15, -0.1) is 0 Å². The van der Waals surface area contributed by atoms with Crippen LogP contribution in [-0.2, 0) is 4.79 Å². The number of carbonyl (C=O) groups is 2. The molecule has 25 heavy (non-hydrogen) atoms. The number of nitrogens with zero attached hydrogens (tertiary/aromatic N) is 5. The van der Waals surface area contributed by atoms with Crippen molar-refractivity contribution < 1.29 is 9.59 Å². The highest BCUT2D eigenvalue weighted by Gasteiger charge is 2.32. The van der Waals surface area contributed by atoms with Gasteiger partial charge in [0.2, 0.25) is 5.91 Å². The molecule has 0 N–H and O–H groups in total. The van der Waals surface area contributed by atoms with Crippen LogP contribution in [0, 0.1) is 0 Å². The van der Waals surface area contributed by atoms with Crippen molar-refractivity contribution in [3.8, 4) is 0 Å². The summed E-state index contributed by atoms with van der Waals surface area (Å²) in [7, 11) is 0. The van der Waals surface area contributed by atoms with Gasteiger partial charge in [0, 0.05) is 45.3 Å². The monoisotopic (exact) mass is 341 g/mol. The lowest BCUT2D eigenvalue weighted by atomic mass is 10.2. The summed E-state index contributed by atoms with van der Waals surface area (Å²) >= 11 is 0. The number of amides is 2. The molecular formula is C17H19N5O3. The van der Waals surface area contributed by atoms with Crippen molar-refractivity contribution in [1.29, 1.82) is 0 Å². The Morgan fingerprint density at radius 2 is 1.80 bits per heavy atom. The molecule has 1 saturated heterocycles. The highest BCUT2D eigenvalue weighted by atomic mass is 16.2. The average molecular weight is 341 g/mol. The number of fused-ring (bicyclic) bond motifs is 1. The largest absolute Gasteiger partial charge is 0.339 e. The van der Waals surface area contributed by atoms with Crippen molar-refractivity contribution in [2.75, 3.05) is 26.2 Å². The molecule has 130 valence electrons. The maximum Gasteiger partial charge on any atom is 0.284 e. The maximum atomic E-state index is 12.9. The van der Waals surface area contributed by atoms with Crippen LogP contribution in [0.5, 0.6) is 0 Å². The maximum absolute atomic E-state index is 12.9. The molecule has 2 amide bonds. The van der Waals surface area contributed by atoms with Gasteiger partial charge in [0.15, 0.2) is 11.3 Å². The quantitative estimate of drug-likeness (QED) is 0.790. The number of hydrogen-bond donors (Lipinski definition) is 0. The van der Waals surface area contributed by atoms with Gasteiger partial charge in [-0.05, 0) is 25.0 Å². The molecule has 2 aliphatic rings. The van der Waals surface area contributed by atoms with Crippen LogP contribution in [-0.4, -0.2) is 62.3 Å². The number of hydrogen-bond acceptors (Lipinski definition) is 5. The van der Waals surface area contributed by atoms with E-state index in [1.165, 1.54) is 6.92 Å². The Hall–Kier alpha value is -2.77. The molecule has 0 bridgehead atoms. The predicted octanol–water partition coefficient (Wildman–Crippen LogP) is 0.431. The summed E-state index contributed by atoms with van der Waals surface area (Å²) in [5, 5.41) is 0. The molecule has 8 heteroatoms. The summed E-state index contributed by atoms with van der Waals surface area (Å²) < 4.78 is 1.61. The van der Waals surface area contributed by atoms with Crippen LogP contribution < -0.4 is 5.56 Å². The van der Waals surface area contributed by atoms with E-state index in [2.05, 4.69) is 9.97 Å². The van der Waals surface area contributed by atoms with Crippen LogP contribution in [0.3, 0.4) is 0 Å². The molecule has 0 radical (unpaired) electrons. The third kappa shape index (κ3) is 2.77. The van der Waals surface area contributed by atoms with Gasteiger partial charge in [-0.2, -0.15) is 0 Å². The Labute approximate surface area is 144 Å². The third-order valence-corrected chi connectivity index (χ3v) is 4.77. The van der Waals surface area contributed by atoms with E-state index in [1.54, 1.807) is 32.7 Å². The fourth-order valence-corrected chi connectivity index (χ4v) is 3.22. The minimum atomic E-state index is -0.368. The first-order chi connectivity index (χ1) is 12.1. The highest BCUT2D eigenvalue weighted by molar-refractivity contribution is 5.93. The van der Waals surface area contributed by atoms with Crippen LogP contribution in [0.15, 0.2) is 23.1 Å². The standard InChI is InChI=1S/C17H19N5O3/c1-11(23)20-7-9-21(10-8-20)16(24)14-17(25)22(12-4-5-12)15-13(19-14)3-2-6-18-15/h2-3,6,12H,4-5,7-10H2,1H3. The second-order valence-corrected chi connectivity index (χ2v) is 6.51. The van der Waals surface area contributed by atoms with Crippen LogP contribution in [0.25, 0.3) is 11.2 Å². The number of aromatic nitrogens is 3. The van der Waals surface area contributed by atoms with Gasteiger partial charge in [0.1, 0.15) is 5.52 Å². The predicted molar refractivity (Wildman–Crippen MR) is 90.2 cm³/mol. The Bertz CT molecular complexity index is 910. The van der Waals surface area contributed by atoms with E-state index in [4.69, 9.17) is 0 Å². The van der Waals surface area contributed by atoms with Crippen molar-refractivity contribution in [2.45, 2.75) is 25.8 Å². The van der Waals surface area contributed by atoms with Crippen molar-refractivity contribution in [1.82, 2.24) is 24.3 Å². The van der Waals surface area contributed by atoms with E-state index >= 15 is 0 Å². The van der Waals surface area contributed by atoms with Crippen molar-refractivity contribution in [2.24, 2.45) is 0 Å². The Balaban J connectivity index is 1.70. The van der Waals surface area contributed by atoms with Crippen molar-refractivity contribution in [3.05, 3.63) is 34.4 Å². The number of carbonyl (C=O) groups excluding carboxylic acids is 2. The first-order valence-corrected chi connectivity index (χ1v) is 8.48. The van der Waals surface area contributed by atoms with Gasteiger partial charge >= 0.3 is 0 Å². The molecule has 0 aromatic carbocycles. The average Bonchev–Trinajstić information content (AvgIpc) is 3.45. The molecule has 0 unspecified atom stereocenters. The second-order valence-electron chi connectivity index (χ2n) is 6.51. The lowest BCUT2D eigenvalue weighted by Crippen LogP contribution is -2.51. The molecule has 3 heterocycles. The summed E-state index contributed by atoms with van der Waals surface area (Å²) in [6, 6.07) is 3.62. The second kappa shape index (κ2) is 5.94. The molecule has 2 aromatic rings. The fourth-order valence-electron chi connectivity index (χ4n) is 3.22. The number of piperazine rings is 1. The topological polar surface area (TPSA) is 88.4 Å². The molecule has 8 nitrogen and oxygen atoms in total. The summed E-state index contributed by atoms with van der Waals surface area (Å²) in [5.41, 5.74) is 0.670. The molecule has 1 aliphatic heterocycles. The first kappa shape index (κ1) is 15.7. The van der Waals surface area contributed by atoms with Crippen LogP contribution in [0.1, 0.15) is 36.3 Å². The van der Waals surface area contributed by atoms with Crippen molar-refractivity contribution >= 4 is 23.0 Å². The van der Waals surface area contributed by atoms with Gasteiger partial charge in [-0.25, -0.2) is 9.97 Å². The van der Waals surface area contributed by atoms with Crippen LogP contribution in [0.4, 0.5) is 0 Å².